The predicted octanol–water partition coefficient (Wildman–Crippen LogP) is 2.20. The lowest BCUT2D eigenvalue weighted by molar-refractivity contribution is 0.0407. The van der Waals surface area contributed by atoms with Gasteiger partial charge in [-0.25, -0.2) is 9.98 Å². The van der Waals surface area contributed by atoms with Crippen LogP contribution < -0.4 is 16.0 Å². The van der Waals surface area contributed by atoms with E-state index < -0.39 is 6.23 Å². The van der Waals surface area contributed by atoms with Crippen LogP contribution in [0.5, 0.6) is 0 Å². The van der Waals surface area contributed by atoms with Crippen LogP contribution in [0.4, 0.5) is 5.82 Å². The molecule has 1 aromatic rings. The monoisotopic (exact) mass is 403 g/mol. The third kappa shape index (κ3) is 5.90. The predicted molar refractivity (Wildman–Crippen MR) is 117 cm³/mol. The Labute approximate surface area is 174 Å². The summed E-state index contributed by atoms with van der Waals surface area (Å²) in [5.74, 6) is 1.63. The van der Waals surface area contributed by atoms with Crippen LogP contribution in [0.2, 0.25) is 0 Å². The highest BCUT2D eigenvalue weighted by Gasteiger charge is 2.31. The summed E-state index contributed by atoms with van der Waals surface area (Å²) in [5, 5.41) is 13.4. The lowest BCUT2D eigenvalue weighted by Crippen LogP contribution is -2.49. The molecule has 2 fully saturated rings. The minimum Gasteiger partial charge on any atom is -0.383 e. The van der Waals surface area contributed by atoms with Crippen molar-refractivity contribution in [3.05, 3.63) is 23.4 Å². The number of hydrogen-bond donors (Lipinski definition) is 3. The fraction of sp³-hybridized carbons (Fsp3) is 0.727. The second-order valence-electron chi connectivity index (χ2n) is 8.54. The highest BCUT2D eigenvalue weighted by Crippen LogP contribution is 2.27. The first-order valence-corrected chi connectivity index (χ1v) is 11.0. The molecule has 1 unspecified atom stereocenters. The van der Waals surface area contributed by atoms with E-state index in [2.05, 4.69) is 20.2 Å². The summed E-state index contributed by atoms with van der Waals surface area (Å²) in [6, 6.07) is 2.66. The number of nitrogens with two attached hydrogens (primary N) is 1. The first-order chi connectivity index (χ1) is 14.0. The summed E-state index contributed by atoms with van der Waals surface area (Å²) in [7, 11) is 1.80. The number of aliphatic hydroxyl groups is 1. The van der Waals surface area contributed by atoms with Gasteiger partial charge in [0, 0.05) is 44.9 Å². The van der Waals surface area contributed by atoms with Crippen molar-refractivity contribution in [1.29, 1.82) is 0 Å². The third-order valence-electron chi connectivity index (χ3n) is 6.18. The summed E-state index contributed by atoms with van der Waals surface area (Å²) in [5.41, 5.74) is 7.97. The van der Waals surface area contributed by atoms with Crippen LogP contribution in [0.15, 0.2) is 17.3 Å². The van der Waals surface area contributed by atoms with Crippen LogP contribution >= 0.6 is 0 Å². The molecule has 3 rings (SSSR count). The van der Waals surface area contributed by atoms with E-state index in [1.165, 1.54) is 32.1 Å². The number of rotatable bonds is 7. The maximum absolute atomic E-state index is 9.61. The molecule has 29 heavy (non-hydrogen) atoms. The van der Waals surface area contributed by atoms with E-state index in [-0.39, 0.29) is 6.10 Å². The zero-order valence-corrected chi connectivity index (χ0v) is 18.1. The van der Waals surface area contributed by atoms with Gasteiger partial charge in [0.05, 0.1) is 11.7 Å². The second kappa shape index (κ2) is 10.4. The molecule has 1 aliphatic carbocycles. The smallest absolute Gasteiger partial charge is 0.144 e. The molecule has 0 radical (unpaired) electrons. The van der Waals surface area contributed by atoms with Crippen LogP contribution in [0.1, 0.15) is 56.6 Å². The maximum atomic E-state index is 9.61. The first kappa shape index (κ1) is 22.0. The van der Waals surface area contributed by atoms with Crippen LogP contribution in [-0.2, 0) is 4.74 Å². The van der Waals surface area contributed by atoms with Gasteiger partial charge in [0.1, 0.15) is 17.9 Å². The van der Waals surface area contributed by atoms with Crippen molar-refractivity contribution in [3.8, 4) is 0 Å². The maximum Gasteiger partial charge on any atom is 0.144 e. The Morgan fingerprint density at radius 3 is 2.83 bits per heavy atom. The highest BCUT2D eigenvalue weighted by molar-refractivity contribution is 6.02. The molecule has 1 aromatic heterocycles. The van der Waals surface area contributed by atoms with Crippen molar-refractivity contribution in [2.24, 2.45) is 16.6 Å². The number of aryl methyl sites for hydroxylation is 1. The average Bonchev–Trinajstić information content (AvgIpc) is 2.72. The quantitative estimate of drug-likeness (QED) is 0.477. The molecule has 0 spiro atoms. The van der Waals surface area contributed by atoms with E-state index >= 15 is 0 Å². The summed E-state index contributed by atoms with van der Waals surface area (Å²) < 4.78 is 5.87. The Kier molecular flexibility index (Phi) is 7.86. The number of aliphatic imine (C=N–C) groups is 1. The molecule has 3 atom stereocenters. The molecule has 0 amide bonds. The molecular weight excluding hydrogens is 366 g/mol. The van der Waals surface area contributed by atoms with Gasteiger partial charge in [-0.2, -0.15) is 0 Å². The van der Waals surface area contributed by atoms with E-state index in [9.17, 15) is 5.11 Å². The van der Waals surface area contributed by atoms with Gasteiger partial charge in [-0.05, 0) is 44.7 Å². The minimum absolute atomic E-state index is 0.144. The van der Waals surface area contributed by atoms with Gasteiger partial charge in [0.25, 0.3) is 0 Å². The fourth-order valence-electron chi connectivity index (χ4n) is 4.56. The van der Waals surface area contributed by atoms with Crippen LogP contribution in [0.25, 0.3) is 0 Å². The summed E-state index contributed by atoms with van der Waals surface area (Å²) in [6.07, 6.45) is 8.88. The van der Waals surface area contributed by atoms with Gasteiger partial charge in [-0.15, -0.1) is 0 Å². The third-order valence-corrected chi connectivity index (χ3v) is 6.18. The van der Waals surface area contributed by atoms with Crippen LogP contribution in [-0.4, -0.2) is 61.0 Å². The molecule has 2 aliphatic rings. The lowest BCUT2D eigenvalue weighted by Gasteiger charge is -2.40. The van der Waals surface area contributed by atoms with Crippen molar-refractivity contribution >= 4 is 11.7 Å². The Balaban J connectivity index is 1.69. The topological polar surface area (TPSA) is 96.0 Å². The van der Waals surface area contributed by atoms with Gasteiger partial charge in [0.2, 0.25) is 0 Å². The molecule has 2 heterocycles. The number of nitrogens with one attached hydrogen (secondary N) is 1. The molecule has 7 nitrogen and oxygen atoms in total. The number of nitrogens with zero attached hydrogens (tertiary/aromatic N) is 3. The number of anilines is 1. The second-order valence-corrected chi connectivity index (χ2v) is 8.54. The standard InChI is InChI=1S/C22H37N5O2/c1-15-11-19(21(23)26-16(2)28)22(25-12-15)27-10-9-17(20(14-27)29-3)13-24-18-7-5-4-6-8-18/h11-12,16-18,20,24,28H,4-10,13-14H2,1-3H3,(H2,23,26)/t16?,17-,20-/m0/s1. The van der Waals surface area contributed by atoms with Gasteiger partial charge >= 0.3 is 0 Å². The SMILES string of the molecule is CO[C@H]1CN(c2ncc(C)cc2C(N)=NC(C)O)CC[C@H]1CNC1CCCCC1. The van der Waals surface area contributed by atoms with Crippen LogP contribution in [0, 0.1) is 12.8 Å². The van der Waals surface area contributed by atoms with Gasteiger partial charge in [-0.3, -0.25) is 0 Å². The van der Waals surface area contributed by atoms with E-state index in [0.717, 1.165) is 43.0 Å². The van der Waals surface area contributed by atoms with E-state index in [1.807, 2.05) is 19.2 Å². The van der Waals surface area contributed by atoms with Crippen molar-refractivity contribution in [2.45, 2.75) is 70.7 Å². The number of ether oxygens (including phenoxy) is 1. The van der Waals surface area contributed by atoms with Crippen molar-refractivity contribution in [1.82, 2.24) is 10.3 Å². The number of pyridine rings is 1. The molecule has 4 N–H and O–H groups in total. The van der Waals surface area contributed by atoms with E-state index in [0.29, 0.717) is 17.8 Å². The molecule has 1 aliphatic heterocycles. The number of hydrogen-bond acceptors (Lipinski definition) is 6. The lowest BCUT2D eigenvalue weighted by atomic mass is 9.91. The molecule has 1 saturated carbocycles. The number of aromatic nitrogens is 1. The zero-order chi connectivity index (χ0) is 20.8. The number of amidine groups is 1. The molecule has 162 valence electrons. The highest BCUT2D eigenvalue weighted by atomic mass is 16.5. The summed E-state index contributed by atoms with van der Waals surface area (Å²) in [4.78, 5) is 11.0. The number of aliphatic hydroxyl groups excluding tert-OH is 1. The largest absolute Gasteiger partial charge is 0.383 e. The van der Waals surface area contributed by atoms with Crippen molar-refractivity contribution in [2.75, 3.05) is 31.6 Å². The van der Waals surface area contributed by atoms with Crippen LogP contribution in [0.3, 0.4) is 0 Å². The Morgan fingerprint density at radius 2 is 2.14 bits per heavy atom. The van der Waals surface area contributed by atoms with E-state index in [1.54, 1.807) is 14.0 Å². The van der Waals surface area contributed by atoms with Crippen molar-refractivity contribution < 1.29 is 9.84 Å². The van der Waals surface area contributed by atoms with Gasteiger partial charge in [-0.1, -0.05) is 19.3 Å². The van der Waals surface area contributed by atoms with Crippen molar-refractivity contribution in [3.63, 3.8) is 0 Å². The Morgan fingerprint density at radius 1 is 1.38 bits per heavy atom. The molecule has 0 aromatic carbocycles. The van der Waals surface area contributed by atoms with Gasteiger partial charge < -0.3 is 25.8 Å². The first-order valence-electron chi connectivity index (χ1n) is 11.0. The average molecular weight is 404 g/mol. The number of methoxy groups -OCH3 is 1. The zero-order valence-electron chi connectivity index (χ0n) is 18.1. The summed E-state index contributed by atoms with van der Waals surface area (Å²) in [6.45, 7) is 6.27. The molecule has 7 heteroatoms. The molecule has 1 saturated heterocycles. The van der Waals surface area contributed by atoms with Gasteiger partial charge in [0.15, 0.2) is 0 Å². The van der Waals surface area contributed by atoms with E-state index in [4.69, 9.17) is 10.5 Å². The number of piperidine rings is 1. The normalized spacial score (nSPS) is 25.2. The molecular formula is C22H37N5O2. The minimum atomic E-state index is -0.841. The molecule has 0 bridgehead atoms. The Bertz CT molecular complexity index is 688. The Hall–Kier alpha value is -1.70. The fourth-order valence-corrected chi connectivity index (χ4v) is 4.56. The summed E-state index contributed by atoms with van der Waals surface area (Å²) >= 11 is 0.